The van der Waals surface area contributed by atoms with E-state index < -0.39 is 10.0 Å². The third kappa shape index (κ3) is 4.06. The van der Waals surface area contributed by atoms with E-state index in [1.54, 1.807) is 53.3 Å². The molecule has 8 bridgehead atoms. The number of sulfonamides is 1. The van der Waals surface area contributed by atoms with Crippen LogP contribution in [-0.4, -0.2) is 31.3 Å². The molecule has 180 valence electrons. The maximum Gasteiger partial charge on any atom is 0.262 e. The van der Waals surface area contributed by atoms with Gasteiger partial charge in [-0.2, -0.15) is 0 Å². The number of aromatic nitrogens is 2. The van der Waals surface area contributed by atoms with Gasteiger partial charge in [0, 0.05) is 50.1 Å². The topological polar surface area (TPSA) is 98.2 Å². The molecule has 1 aromatic carbocycles. The average Bonchev–Trinajstić information content (AvgIpc) is 3.54. The van der Waals surface area contributed by atoms with Crippen LogP contribution in [0.2, 0.25) is 0 Å². The summed E-state index contributed by atoms with van der Waals surface area (Å²) in [6, 6.07) is 15.9. The molecule has 0 atom stereocenters. The van der Waals surface area contributed by atoms with E-state index >= 15 is 0 Å². The number of hydrogen-bond donors (Lipinski definition) is 1. The number of thiophene rings is 2. The molecule has 1 aliphatic heterocycles. The fourth-order valence-electron chi connectivity index (χ4n) is 4.18. The molecule has 1 N–H and O–H groups in total. The monoisotopic (exact) mass is 533 g/mol. The van der Waals surface area contributed by atoms with E-state index in [-0.39, 0.29) is 28.7 Å². The lowest BCUT2D eigenvalue weighted by molar-refractivity contribution is 0.0983. The van der Waals surface area contributed by atoms with Crippen molar-refractivity contribution in [1.29, 1.82) is 0 Å². The minimum absolute atomic E-state index is 0.00367. The van der Waals surface area contributed by atoms with Gasteiger partial charge in [-0.25, -0.2) is 13.4 Å². The molecule has 0 fully saturated rings. The molecule has 6 rings (SSSR count). The van der Waals surface area contributed by atoms with Gasteiger partial charge in [-0.05, 0) is 48.9 Å². The summed E-state index contributed by atoms with van der Waals surface area (Å²) in [6.07, 6.45) is 4.31. The standard InChI is InChI=1S/C26H19N3O4S3/c1-33-26-21-12-16(14-28-26)24-13-20-25(35-24)19(9-10-27-20)23-8-6-17(34-23)5-7-22(30)15-3-2-4-18(11-15)36(31,32)29-21/h2-4,6,8-14,29H,5,7H2,1H3. The maximum atomic E-state index is 13.3. The normalized spacial score (nSPS) is 14.8. The Morgan fingerprint density at radius 2 is 1.83 bits per heavy atom. The summed E-state index contributed by atoms with van der Waals surface area (Å²) in [6.45, 7) is 0. The molecule has 0 unspecified atom stereocenters. The number of carbonyl (C=O) groups is 1. The Balaban J connectivity index is 1.56. The molecule has 10 heteroatoms. The van der Waals surface area contributed by atoms with Gasteiger partial charge >= 0.3 is 0 Å². The highest BCUT2D eigenvalue weighted by molar-refractivity contribution is 7.92. The minimum Gasteiger partial charge on any atom is -0.480 e. The number of methoxy groups -OCH3 is 1. The molecule has 1 aliphatic rings. The summed E-state index contributed by atoms with van der Waals surface area (Å²) in [7, 11) is -2.57. The summed E-state index contributed by atoms with van der Waals surface area (Å²) in [5.41, 5.74) is 3.23. The number of ether oxygens (including phenoxy) is 1. The summed E-state index contributed by atoms with van der Waals surface area (Å²) in [5, 5.41) is 0. The van der Waals surface area contributed by atoms with E-state index in [1.807, 2.05) is 18.2 Å². The summed E-state index contributed by atoms with van der Waals surface area (Å²) in [5.74, 6) is 0.0357. The van der Waals surface area contributed by atoms with Gasteiger partial charge in [0.2, 0.25) is 5.88 Å². The lowest BCUT2D eigenvalue weighted by Crippen LogP contribution is -2.15. The zero-order valence-corrected chi connectivity index (χ0v) is 21.5. The number of rotatable bonds is 1. The molecule has 0 radical (unpaired) electrons. The molecular formula is C26H19N3O4S3. The highest BCUT2D eigenvalue weighted by atomic mass is 32.2. The van der Waals surface area contributed by atoms with E-state index in [0.29, 0.717) is 12.0 Å². The summed E-state index contributed by atoms with van der Waals surface area (Å²) >= 11 is 3.23. The van der Waals surface area contributed by atoms with Crippen LogP contribution in [0.5, 0.6) is 5.88 Å². The number of fused-ring (bicyclic) bond motifs is 9. The van der Waals surface area contributed by atoms with Gasteiger partial charge < -0.3 is 4.74 Å². The second-order valence-corrected chi connectivity index (χ2v) is 12.2. The molecule has 5 aromatic rings. The largest absolute Gasteiger partial charge is 0.480 e. The molecule has 36 heavy (non-hydrogen) atoms. The van der Waals surface area contributed by atoms with Crippen molar-refractivity contribution >= 4 is 54.4 Å². The molecule has 0 saturated carbocycles. The highest BCUT2D eigenvalue weighted by Gasteiger charge is 2.21. The first-order valence-corrected chi connectivity index (χ1v) is 14.2. The van der Waals surface area contributed by atoms with Crippen LogP contribution in [0.3, 0.4) is 0 Å². The van der Waals surface area contributed by atoms with Gasteiger partial charge in [-0.1, -0.05) is 12.1 Å². The molecule has 7 nitrogen and oxygen atoms in total. The Morgan fingerprint density at radius 1 is 0.944 bits per heavy atom. The first kappa shape index (κ1) is 22.8. The number of nitrogens with one attached hydrogen (secondary N) is 1. The zero-order valence-electron chi connectivity index (χ0n) is 19.0. The molecule has 0 amide bonds. The van der Waals surface area contributed by atoms with Crippen molar-refractivity contribution in [2.75, 3.05) is 11.8 Å². The van der Waals surface area contributed by atoms with E-state index in [9.17, 15) is 13.2 Å². The van der Waals surface area contributed by atoms with Crippen molar-refractivity contribution in [2.45, 2.75) is 17.7 Å². The summed E-state index contributed by atoms with van der Waals surface area (Å²) < 4.78 is 35.5. The van der Waals surface area contributed by atoms with Gasteiger partial charge in [0.05, 0.1) is 22.2 Å². The summed E-state index contributed by atoms with van der Waals surface area (Å²) in [4.78, 5) is 24.9. The quantitative estimate of drug-likeness (QED) is 0.283. The number of anilines is 1. The number of nitrogens with zero attached hydrogens (tertiary/aromatic N) is 2. The van der Waals surface area contributed by atoms with Gasteiger partial charge in [0.15, 0.2) is 5.78 Å². The number of Topliss-reactive ketones (excluding diaryl/α,β-unsaturated/α-hetero) is 1. The Kier molecular flexibility index (Phi) is 5.59. The Hall–Kier alpha value is -3.60. The van der Waals surface area contributed by atoms with E-state index in [4.69, 9.17) is 4.74 Å². The molecule has 0 spiro atoms. The van der Waals surface area contributed by atoms with E-state index in [0.717, 1.165) is 36.0 Å². The van der Waals surface area contributed by atoms with Crippen molar-refractivity contribution in [3.63, 3.8) is 0 Å². The number of ketones is 1. The third-order valence-corrected chi connectivity index (χ3v) is 9.73. The first-order chi connectivity index (χ1) is 17.4. The number of carbonyl (C=O) groups excluding carboxylic acids is 1. The molecule has 5 heterocycles. The van der Waals surface area contributed by atoms with Gasteiger partial charge in [-0.3, -0.25) is 14.5 Å². The van der Waals surface area contributed by atoms with Gasteiger partial charge in [0.1, 0.15) is 5.69 Å². The van der Waals surface area contributed by atoms with Crippen LogP contribution in [0.15, 0.2) is 71.9 Å². The maximum absolute atomic E-state index is 13.3. The van der Waals surface area contributed by atoms with Crippen molar-refractivity contribution in [2.24, 2.45) is 0 Å². The molecule has 0 saturated heterocycles. The van der Waals surface area contributed by atoms with Crippen molar-refractivity contribution in [3.8, 4) is 26.8 Å². The lowest BCUT2D eigenvalue weighted by Gasteiger charge is -2.13. The van der Waals surface area contributed by atoms with Gasteiger partial charge in [-0.15, -0.1) is 22.7 Å². The highest BCUT2D eigenvalue weighted by Crippen LogP contribution is 2.41. The number of aryl methyl sites for hydroxylation is 1. The second-order valence-electron chi connectivity index (χ2n) is 8.29. The molecular weight excluding hydrogens is 515 g/mol. The van der Waals surface area contributed by atoms with Crippen LogP contribution in [-0.2, 0) is 16.4 Å². The minimum atomic E-state index is -4.01. The Labute approximate surface area is 215 Å². The van der Waals surface area contributed by atoms with Crippen LogP contribution < -0.4 is 9.46 Å². The third-order valence-electron chi connectivity index (χ3n) is 5.98. The van der Waals surface area contributed by atoms with E-state index in [2.05, 4.69) is 20.8 Å². The number of benzene rings is 1. The molecule has 0 aliphatic carbocycles. The predicted molar refractivity (Wildman–Crippen MR) is 143 cm³/mol. The Bertz CT molecular complexity index is 1760. The fraction of sp³-hybridized carbons (Fsp3) is 0.115. The van der Waals surface area contributed by atoms with Crippen LogP contribution in [0.25, 0.3) is 31.1 Å². The van der Waals surface area contributed by atoms with Crippen molar-refractivity contribution in [3.05, 3.63) is 77.4 Å². The fourth-order valence-corrected chi connectivity index (χ4v) is 7.50. The first-order valence-electron chi connectivity index (χ1n) is 11.1. The van der Waals surface area contributed by atoms with Crippen LogP contribution in [0.1, 0.15) is 21.7 Å². The smallest absolute Gasteiger partial charge is 0.262 e. The van der Waals surface area contributed by atoms with Crippen LogP contribution >= 0.6 is 22.7 Å². The average molecular weight is 534 g/mol. The number of hydrogen-bond acceptors (Lipinski definition) is 8. The van der Waals surface area contributed by atoms with Crippen molar-refractivity contribution in [1.82, 2.24) is 9.97 Å². The zero-order chi connectivity index (χ0) is 24.9. The second kappa shape index (κ2) is 8.81. The lowest BCUT2D eigenvalue weighted by atomic mass is 10.1. The predicted octanol–water partition coefficient (Wildman–Crippen LogP) is 6.03. The SMILES string of the molecule is COc1ncc2cc1NS(=O)(=O)c1cccc(c1)C(=O)CCc1ccc(s1)-c1ccnc3cc-2sc13. The molecule has 4 aromatic heterocycles. The number of pyridine rings is 2. The van der Waals surface area contributed by atoms with E-state index in [1.165, 1.54) is 19.2 Å². The van der Waals surface area contributed by atoms with Crippen LogP contribution in [0.4, 0.5) is 5.69 Å². The van der Waals surface area contributed by atoms with Crippen LogP contribution in [0, 0.1) is 0 Å². The van der Waals surface area contributed by atoms with Crippen molar-refractivity contribution < 1.29 is 17.9 Å². The Morgan fingerprint density at radius 3 is 2.69 bits per heavy atom. The van der Waals surface area contributed by atoms with Gasteiger partial charge in [0.25, 0.3) is 10.0 Å².